The minimum absolute atomic E-state index is 0.0899. The molecule has 2 unspecified atom stereocenters. The zero-order chi connectivity index (χ0) is 24.7. The average molecular weight is 478 g/mol. The Labute approximate surface area is 204 Å². The normalized spacial score (nSPS) is 19.4. The highest BCUT2D eigenvalue weighted by Crippen LogP contribution is 2.38. The number of carbonyl (C=O) groups is 1. The monoisotopic (exact) mass is 477 g/mol. The molecule has 0 spiro atoms. The number of aromatic amines is 1. The first-order chi connectivity index (χ1) is 16.7. The number of amides is 1. The minimum Gasteiger partial charge on any atom is -0.328 e. The smallest absolute Gasteiger partial charge is 0.247 e. The molecule has 3 aromatic heterocycles. The molecule has 0 bridgehead atoms. The molecule has 1 aliphatic carbocycles. The highest BCUT2D eigenvalue weighted by atomic mass is 19.1. The lowest BCUT2D eigenvalue weighted by molar-refractivity contribution is -0.117. The first-order valence-electron chi connectivity index (χ1n) is 11.9. The molecule has 1 saturated heterocycles. The lowest BCUT2D eigenvalue weighted by Gasteiger charge is -2.25. The molecule has 182 valence electrons. The van der Waals surface area contributed by atoms with Gasteiger partial charge in [-0.25, -0.2) is 9.97 Å². The number of rotatable bonds is 6. The molecule has 0 aromatic carbocycles. The van der Waals surface area contributed by atoms with E-state index >= 15 is 0 Å². The predicted molar refractivity (Wildman–Crippen MR) is 132 cm³/mol. The third-order valence-electron chi connectivity index (χ3n) is 6.57. The van der Waals surface area contributed by atoms with Crippen molar-refractivity contribution >= 4 is 29.2 Å². The van der Waals surface area contributed by atoms with Crippen LogP contribution in [0.15, 0.2) is 24.4 Å². The molecule has 0 saturated carbocycles. The van der Waals surface area contributed by atoms with Crippen molar-refractivity contribution in [1.29, 1.82) is 0 Å². The van der Waals surface area contributed by atoms with E-state index in [0.717, 1.165) is 42.0 Å². The van der Waals surface area contributed by atoms with E-state index in [1.54, 1.807) is 0 Å². The molecule has 10 heteroatoms. The Morgan fingerprint density at radius 2 is 2.14 bits per heavy atom. The summed E-state index contributed by atoms with van der Waals surface area (Å²) in [4.78, 5) is 28.7. The van der Waals surface area contributed by atoms with Gasteiger partial charge in [0.25, 0.3) is 0 Å². The maximum Gasteiger partial charge on any atom is 0.247 e. The number of aryl methyl sites for hydroxylation is 1. The summed E-state index contributed by atoms with van der Waals surface area (Å²) in [7, 11) is 0. The molecule has 5 rings (SSSR count). The molecule has 2 atom stereocenters. The van der Waals surface area contributed by atoms with Gasteiger partial charge in [-0.2, -0.15) is 14.5 Å². The van der Waals surface area contributed by atoms with Crippen LogP contribution in [0, 0.1) is 18.3 Å². The van der Waals surface area contributed by atoms with Crippen LogP contribution >= 0.6 is 0 Å². The Balaban J connectivity index is 1.45. The van der Waals surface area contributed by atoms with Gasteiger partial charge in [-0.1, -0.05) is 13.8 Å². The van der Waals surface area contributed by atoms with Crippen LogP contribution in [0.25, 0.3) is 0 Å². The number of nitrogens with one attached hydrogen (secondary N) is 3. The van der Waals surface area contributed by atoms with Gasteiger partial charge in [0, 0.05) is 18.2 Å². The van der Waals surface area contributed by atoms with Crippen LogP contribution < -0.4 is 15.5 Å². The maximum atomic E-state index is 13.3. The molecular formula is C25H30FN8O+. The molecule has 1 aliphatic heterocycles. The first-order valence-corrected chi connectivity index (χ1v) is 11.9. The molecular weight excluding hydrogens is 447 g/mol. The van der Waals surface area contributed by atoms with Gasteiger partial charge in [0.15, 0.2) is 5.82 Å². The number of fused-ring (bicyclic) bond motifs is 1. The van der Waals surface area contributed by atoms with E-state index in [9.17, 15) is 9.18 Å². The fourth-order valence-electron chi connectivity index (χ4n) is 4.81. The topological polar surface area (TPSA) is 112 Å². The number of nitrogens with zero attached hydrogens (tertiary/aromatic N) is 5. The van der Waals surface area contributed by atoms with Crippen LogP contribution in [0.1, 0.15) is 56.5 Å². The molecule has 9 nitrogen and oxygen atoms in total. The van der Waals surface area contributed by atoms with Gasteiger partial charge >= 0.3 is 0 Å². The second-order valence-corrected chi connectivity index (χ2v) is 10.3. The third-order valence-corrected chi connectivity index (χ3v) is 6.57. The number of hydrogen-bond acceptors (Lipinski definition) is 7. The van der Waals surface area contributed by atoms with Crippen LogP contribution in [0.4, 0.5) is 27.7 Å². The summed E-state index contributed by atoms with van der Waals surface area (Å²) in [6, 6.07) is 4.20. The number of anilines is 4. The van der Waals surface area contributed by atoms with E-state index in [-0.39, 0.29) is 17.2 Å². The highest BCUT2D eigenvalue weighted by molar-refractivity contribution is 5.97. The average Bonchev–Trinajstić information content (AvgIpc) is 3.53. The highest BCUT2D eigenvalue weighted by Gasteiger charge is 2.43. The number of pyridine rings is 1. The van der Waals surface area contributed by atoms with Crippen LogP contribution in [0.3, 0.4) is 0 Å². The van der Waals surface area contributed by atoms with Gasteiger partial charge in [-0.3, -0.25) is 9.89 Å². The summed E-state index contributed by atoms with van der Waals surface area (Å²) >= 11 is 0. The number of halogens is 1. The first kappa shape index (κ1) is 23.1. The third kappa shape index (κ3) is 4.78. The van der Waals surface area contributed by atoms with E-state index < -0.39 is 12.0 Å². The fourth-order valence-corrected chi connectivity index (χ4v) is 4.81. The Morgan fingerprint density at radius 3 is 2.86 bits per heavy atom. The van der Waals surface area contributed by atoms with Gasteiger partial charge in [-0.05, 0) is 50.2 Å². The number of H-pyrrole nitrogens is 1. The van der Waals surface area contributed by atoms with Gasteiger partial charge in [0.1, 0.15) is 17.8 Å². The SMILES string of the molecule is [CH2+]C(C)c1cc(Nc2nc(N3CC(C)(C)CC3C(=O)Nc3ccc(F)nc3)nc3c2CCC3)n[nH]1. The van der Waals surface area contributed by atoms with Crippen molar-refractivity contribution in [1.82, 2.24) is 25.1 Å². The van der Waals surface area contributed by atoms with Crippen molar-refractivity contribution in [3.8, 4) is 0 Å². The van der Waals surface area contributed by atoms with Gasteiger partial charge in [0.05, 0.1) is 30.2 Å². The molecule has 0 radical (unpaired) electrons. The van der Waals surface area contributed by atoms with Crippen molar-refractivity contribution in [2.24, 2.45) is 5.41 Å². The maximum absolute atomic E-state index is 13.3. The van der Waals surface area contributed by atoms with Gasteiger partial charge in [-0.15, -0.1) is 0 Å². The molecule has 4 heterocycles. The Kier molecular flexibility index (Phi) is 5.82. The fraction of sp³-hybridized carbons (Fsp3) is 0.440. The number of carbonyl (C=O) groups excluding carboxylic acids is 1. The van der Waals surface area contributed by atoms with Crippen LogP contribution in [0.5, 0.6) is 0 Å². The minimum atomic E-state index is -0.591. The zero-order valence-electron chi connectivity index (χ0n) is 20.2. The van der Waals surface area contributed by atoms with Crippen molar-refractivity contribution in [2.45, 2.75) is 58.4 Å². The van der Waals surface area contributed by atoms with Gasteiger partial charge < -0.3 is 15.5 Å². The molecule has 1 amide bonds. The van der Waals surface area contributed by atoms with Crippen LogP contribution in [0.2, 0.25) is 0 Å². The summed E-state index contributed by atoms with van der Waals surface area (Å²) in [6.07, 6.45) is 4.73. The molecule has 3 aromatic rings. The van der Waals surface area contributed by atoms with E-state index in [0.29, 0.717) is 30.4 Å². The van der Waals surface area contributed by atoms with E-state index in [1.165, 1.54) is 18.3 Å². The largest absolute Gasteiger partial charge is 0.328 e. The molecule has 1 fully saturated rings. The lowest BCUT2D eigenvalue weighted by atomic mass is 9.90. The van der Waals surface area contributed by atoms with Gasteiger partial charge in [0.2, 0.25) is 17.8 Å². The number of hydrogen-bond donors (Lipinski definition) is 3. The van der Waals surface area contributed by atoms with Crippen molar-refractivity contribution in [2.75, 3.05) is 22.1 Å². The standard InChI is InChI=1S/C25H29FN8O/c1-14(2)18-10-21(33-32-18)30-22-16-6-5-7-17(16)29-24(31-22)34-13-25(3,4)11-19(34)23(35)28-15-8-9-20(26)27-12-15/h8-10,12,14,19H,1,5-7,11,13H2,2-4H3,(H2-,28,29,30,31,32,33,35)/p+1. The number of aromatic nitrogens is 5. The summed E-state index contributed by atoms with van der Waals surface area (Å²) in [6.45, 7) is 10.9. The van der Waals surface area contributed by atoms with Crippen LogP contribution in [-0.4, -0.2) is 43.6 Å². The predicted octanol–water partition coefficient (Wildman–Crippen LogP) is 4.15. The van der Waals surface area contributed by atoms with Crippen molar-refractivity contribution < 1.29 is 9.18 Å². The summed E-state index contributed by atoms with van der Waals surface area (Å²) in [5, 5.41) is 13.6. The summed E-state index contributed by atoms with van der Waals surface area (Å²) in [5.41, 5.74) is 3.38. The van der Waals surface area contributed by atoms with E-state index in [4.69, 9.17) is 9.97 Å². The quantitative estimate of drug-likeness (QED) is 0.361. The second kappa shape index (κ2) is 8.83. The van der Waals surface area contributed by atoms with Crippen molar-refractivity contribution in [3.63, 3.8) is 0 Å². The Morgan fingerprint density at radius 1 is 1.31 bits per heavy atom. The van der Waals surface area contributed by atoms with Crippen LogP contribution in [-0.2, 0) is 17.6 Å². The summed E-state index contributed by atoms with van der Waals surface area (Å²) in [5.74, 6) is 1.23. The Bertz CT molecular complexity index is 1240. The summed E-state index contributed by atoms with van der Waals surface area (Å²) < 4.78 is 13.2. The van der Waals surface area contributed by atoms with E-state index in [2.05, 4.69) is 46.6 Å². The lowest BCUT2D eigenvalue weighted by Crippen LogP contribution is -2.41. The second-order valence-electron chi connectivity index (χ2n) is 10.3. The Hall–Kier alpha value is -3.69. The molecule has 35 heavy (non-hydrogen) atoms. The van der Waals surface area contributed by atoms with Crippen molar-refractivity contribution in [3.05, 3.63) is 54.2 Å². The van der Waals surface area contributed by atoms with E-state index in [1.807, 2.05) is 17.9 Å². The zero-order valence-corrected chi connectivity index (χ0v) is 20.2. The molecule has 3 N–H and O–H groups in total. The molecule has 2 aliphatic rings.